The smallest absolute Gasteiger partial charge is 0.320 e. The van der Waals surface area contributed by atoms with E-state index in [0.717, 1.165) is 57.9 Å². The number of rotatable bonds is 14. The van der Waals surface area contributed by atoms with E-state index in [4.69, 9.17) is 4.74 Å². The molecule has 38 heavy (non-hydrogen) atoms. The zero-order chi connectivity index (χ0) is 26.8. The first-order chi connectivity index (χ1) is 18.5. The maximum atomic E-state index is 12.1. The molecule has 1 aliphatic carbocycles. The molecule has 6 nitrogen and oxygen atoms in total. The molecule has 4 rings (SSSR count). The van der Waals surface area contributed by atoms with Crippen LogP contribution in [-0.4, -0.2) is 85.5 Å². The second-order valence-electron chi connectivity index (χ2n) is 12.0. The highest BCUT2D eigenvalue weighted by Gasteiger charge is 2.43. The Morgan fingerprint density at radius 3 is 2.82 bits per heavy atom. The minimum Gasteiger partial charge on any atom is -0.480 e. The molecule has 1 aromatic rings. The summed E-state index contributed by atoms with van der Waals surface area (Å²) in [5.41, 5.74) is 2.76. The Kier molecular flexibility index (Phi) is 11.8. The molecule has 7 heteroatoms. The quantitative estimate of drug-likeness (QED) is 0.302. The van der Waals surface area contributed by atoms with Gasteiger partial charge in [-0.3, -0.25) is 9.69 Å². The van der Waals surface area contributed by atoms with Crippen molar-refractivity contribution in [3.8, 4) is 0 Å². The molecule has 0 bridgehead atoms. The summed E-state index contributed by atoms with van der Waals surface area (Å²) in [7, 11) is 0. The fraction of sp³-hybridized carbons (Fsp3) is 0.774. The van der Waals surface area contributed by atoms with E-state index < -0.39 is 12.0 Å². The van der Waals surface area contributed by atoms with Gasteiger partial charge in [0.05, 0.1) is 12.7 Å². The van der Waals surface area contributed by atoms with Gasteiger partial charge in [0.15, 0.2) is 0 Å². The van der Waals surface area contributed by atoms with Crippen molar-refractivity contribution in [2.75, 3.05) is 51.3 Å². The number of carbonyl (C=O) groups is 1. The molecule has 2 heterocycles. The summed E-state index contributed by atoms with van der Waals surface area (Å²) < 4.78 is 6.43. The molecule has 1 aromatic carbocycles. The van der Waals surface area contributed by atoms with E-state index in [1.165, 1.54) is 56.1 Å². The second kappa shape index (κ2) is 15.0. The fourth-order valence-electron chi connectivity index (χ4n) is 7.09. The number of likely N-dealkylation sites (tertiary alicyclic amines) is 1. The topological polar surface area (TPSA) is 73.8 Å². The lowest BCUT2D eigenvalue weighted by atomic mass is 9.65. The predicted octanol–water partition coefficient (Wildman–Crippen LogP) is 5.06. The van der Waals surface area contributed by atoms with E-state index in [1.807, 2.05) is 6.26 Å². The van der Waals surface area contributed by atoms with Crippen LogP contribution in [0.4, 0.5) is 0 Å². The summed E-state index contributed by atoms with van der Waals surface area (Å²) in [5, 5.41) is 17.2. The molecule has 0 aromatic heterocycles. The SMILES string of the molecule is CSCC[C@H](NCC1(CCN2CCC[C@H]2COC2CCCCC2)CCNCC1c1ccccc1C)C(=O)O. The highest BCUT2D eigenvalue weighted by molar-refractivity contribution is 7.98. The van der Waals surface area contributed by atoms with E-state index in [1.54, 1.807) is 11.8 Å². The lowest BCUT2D eigenvalue weighted by Crippen LogP contribution is -2.53. The summed E-state index contributed by atoms with van der Waals surface area (Å²) in [5.74, 6) is 0.491. The van der Waals surface area contributed by atoms with Gasteiger partial charge in [0.1, 0.15) is 6.04 Å². The van der Waals surface area contributed by atoms with Gasteiger partial charge in [0.25, 0.3) is 0 Å². The summed E-state index contributed by atoms with van der Waals surface area (Å²) in [6, 6.07) is 8.83. The number of piperidine rings is 1. The average molecular weight is 546 g/mol. The van der Waals surface area contributed by atoms with Crippen molar-refractivity contribution < 1.29 is 14.6 Å². The van der Waals surface area contributed by atoms with Gasteiger partial charge in [-0.25, -0.2) is 0 Å². The predicted molar refractivity (Wildman–Crippen MR) is 158 cm³/mol. The first kappa shape index (κ1) is 29.9. The van der Waals surface area contributed by atoms with Crippen LogP contribution in [0.1, 0.15) is 81.3 Å². The first-order valence-electron chi connectivity index (χ1n) is 15.1. The van der Waals surface area contributed by atoms with Crippen molar-refractivity contribution in [3.63, 3.8) is 0 Å². The van der Waals surface area contributed by atoms with Crippen LogP contribution in [0.15, 0.2) is 24.3 Å². The molecule has 2 aliphatic heterocycles. The number of benzene rings is 1. The number of nitrogens with zero attached hydrogens (tertiary/aromatic N) is 1. The third kappa shape index (κ3) is 7.97. The number of hydrogen-bond donors (Lipinski definition) is 3. The number of carboxylic acids is 1. The zero-order valence-electron chi connectivity index (χ0n) is 23.8. The van der Waals surface area contributed by atoms with Gasteiger partial charge in [-0.1, -0.05) is 43.5 Å². The number of aryl methyl sites for hydroxylation is 1. The second-order valence-corrected chi connectivity index (χ2v) is 12.9. The van der Waals surface area contributed by atoms with Crippen molar-refractivity contribution in [2.24, 2.45) is 5.41 Å². The van der Waals surface area contributed by atoms with Crippen LogP contribution in [0.3, 0.4) is 0 Å². The fourth-order valence-corrected chi connectivity index (χ4v) is 7.56. The summed E-state index contributed by atoms with van der Waals surface area (Å²) >= 11 is 1.72. The lowest BCUT2D eigenvalue weighted by molar-refractivity contribution is -0.139. The molecule has 1 saturated carbocycles. The Bertz CT molecular complexity index is 865. The van der Waals surface area contributed by atoms with Crippen LogP contribution < -0.4 is 10.6 Å². The van der Waals surface area contributed by atoms with Gasteiger partial charge in [0, 0.05) is 25.0 Å². The monoisotopic (exact) mass is 545 g/mol. The normalized spacial score (nSPS) is 27.9. The molecule has 0 radical (unpaired) electrons. The Hall–Kier alpha value is -1.12. The van der Waals surface area contributed by atoms with Crippen molar-refractivity contribution in [3.05, 3.63) is 35.4 Å². The Morgan fingerprint density at radius 2 is 2.05 bits per heavy atom. The van der Waals surface area contributed by atoms with Gasteiger partial charge >= 0.3 is 5.97 Å². The van der Waals surface area contributed by atoms with Gasteiger partial charge in [-0.2, -0.15) is 11.8 Å². The lowest BCUT2D eigenvalue weighted by Gasteiger charge is -2.47. The summed E-state index contributed by atoms with van der Waals surface area (Å²) in [6.45, 7) is 7.99. The molecule has 4 atom stereocenters. The molecular weight excluding hydrogens is 494 g/mol. The molecule has 2 saturated heterocycles. The maximum Gasteiger partial charge on any atom is 0.320 e. The van der Waals surface area contributed by atoms with E-state index in [2.05, 4.69) is 46.7 Å². The third-order valence-electron chi connectivity index (χ3n) is 9.53. The van der Waals surface area contributed by atoms with Gasteiger partial charge in [-0.05, 0) is 100 Å². The third-order valence-corrected chi connectivity index (χ3v) is 10.2. The van der Waals surface area contributed by atoms with Crippen LogP contribution in [0.2, 0.25) is 0 Å². The molecule has 0 amide bonds. The Labute approximate surface area is 235 Å². The molecular formula is C31H51N3O3S. The van der Waals surface area contributed by atoms with E-state index in [-0.39, 0.29) is 5.41 Å². The van der Waals surface area contributed by atoms with E-state index in [9.17, 15) is 9.90 Å². The number of nitrogens with one attached hydrogen (secondary N) is 2. The molecule has 214 valence electrons. The van der Waals surface area contributed by atoms with E-state index in [0.29, 0.717) is 24.5 Å². The Morgan fingerprint density at radius 1 is 1.24 bits per heavy atom. The van der Waals surface area contributed by atoms with Crippen molar-refractivity contribution in [1.29, 1.82) is 0 Å². The van der Waals surface area contributed by atoms with Crippen LogP contribution in [0.5, 0.6) is 0 Å². The van der Waals surface area contributed by atoms with Crippen molar-refractivity contribution >= 4 is 17.7 Å². The van der Waals surface area contributed by atoms with Crippen LogP contribution in [0.25, 0.3) is 0 Å². The van der Waals surface area contributed by atoms with E-state index >= 15 is 0 Å². The number of thioether (sulfide) groups is 1. The van der Waals surface area contributed by atoms with Crippen LogP contribution in [-0.2, 0) is 9.53 Å². The zero-order valence-corrected chi connectivity index (χ0v) is 24.6. The average Bonchev–Trinajstić information content (AvgIpc) is 3.39. The highest BCUT2D eigenvalue weighted by Crippen LogP contribution is 2.45. The van der Waals surface area contributed by atoms with Crippen molar-refractivity contribution in [1.82, 2.24) is 15.5 Å². The number of ether oxygens (including phenoxy) is 1. The first-order valence-corrected chi connectivity index (χ1v) is 16.5. The van der Waals surface area contributed by atoms with Gasteiger partial charge in [0.2, 0.25) is 0 Å². The maximum absolute atomic E-state index is 12.1. The summed E-state index contributed by atoms with van der Waals surface area (Å²) in [4.78, 5) is 14.8. The molecule has 3 fully saturated rings. The molecule has 3 aliphatic rings. The molecule has 3 N–H and O–H groups in total. The molecule has 2 unspecified atom stereocenters. The molecule has 0 spiro atoms. The Balaban J connectivity index is 1.48. The highest BCUT2D eigenvalue weighted by atomic mass is 32.2. The van der Waals surface area contributed by atoms with Crippen LogP contribution >= 0.6 is 11.8 Å². The number of hydrogen-bond acceptors (Lipinski definition) is 6. The number of aliphatic carboxylic acids is 1. The van der Waals surface area contributed by atoms with Gasteiger partial charge < -0.3 is 20.5 Å². The minimum atomic E-state index is -0.727. The van der Waals surface area contributed by atoms with Gasteiger partial charge in [-0.15, -0.1) is 0 Å². The van der Waals surface area contributed by atoms with Crippen molar-refractivity contribution in [2.45, 2.75) is 95.2 Å². The standard InChI is InChI=1S/C31H51N3O3S/c1-24-9-6-7-13-27(24)28-21-32-17-15-31(28,23-33-29(30(35)36)14-20-38-2)16-19-34-18-8-10-25(34)22-37-26-11-4-3-5-12-26/h6-7,9,13,25-26,28-29,32-33H,3-5,8,10-12,14-23H2,1-2H3,(H,35,36)/t25-,28?,29-,31?/m0/s1. The number of carboxylic acid groups (broad SMARTS) is 1. The van der Waals surface area contributed by atoms with Crippen LogP contribution in [0, 0.1) is 12.3 Å². The summed E-state index contributed by atoms with van der Waals surface area (Å²) in [6.07, 6.45) is 14.3. The minimum absolute atomic E-state index is 0.0157. The largest absolute Gasteiger partial charge is 0.480 e.